The average molecular weight is 364 g/mol. The average Bonchev–Trinajstić information content (AvgIpc) is 3.01. The van der Waals surface area contributed by atoms with Crippen molar-refractivity contribution in [2.75, 3.05) is 18.8 Å². The fourth-order valence-corrected chi connectivity index (χ4v) is 4.97. The van der Waals surface area contributed by atoms with Gasteiger partial charge in [-0.25, -0.2) is 4.98 Å². The lowest BCUT2D eigenvalue weighted by atomic mass is 9.97. The number of benzene rings is 1. The summed E-state index contributed by atoms with van der Waals surface area (Å²) in [7, 11) is 0. The predicted octanol–water partition coefficient (Wildman–Crippen LogP) is 2.89. The Bertz CT molecular complexity index is 698. The van der Waals surface area contributed by atoms with E-state index in [1.54, 1.807) is 28.0 Å². The Morgan fingerprint density at radius 2 is 2.21 bits per heavy atom. The lowest BCUT2D eigenvalue weighted by molar-refractivity contribution is -0.134. The van der Waals surface area contributed by atoms with Gasteiger partial charge in [0.2, 0.25) is 11.8 Å². The van der Waals surface area contributed by atoms with Crippen LogP contribution in [0.25, 0.3) is 10.2 Å². The molecule has 1 fully saturated rings. The predicted molar refractivity (Wildman–Crippen MR) is 98.1 cm³/mol. The number of thioether (sulfide) groups is 1. The second-order valence-electron chi connectivity index (χ2n) is 5.98. The zero-order valence-electron chi connectivity index (χ0n) is 13.4. The largest absolute Gasteiger partial charge is 0.369 e. The number of para-hydroxylation sites is 1. The smallest absolute Gasteiger partial charge is 0.222 e. The van der Waals surface area contributed by atoms with E-state index >= 15 is 0 Å². The van der Waals surface area contributed by atoms with Crippen LogP contribution in [0, 0.1) is 5.92 Å². The van der Waals surface area contributed by atoms with Crippen LogP contribution in [0.3, 0.4) is 0 Å². The number of fused-ring (bicyclic) bond motifs is 1. The topological polar surface area (TPSA) is 76.3 Å². The first-order valence-corrected chi connectivity index (χ1v) is 9.99. The molecule has 0 spiro atoms. The van der Waals surface area contributed by atoms with Gasteiger partial charge in [0.05, 0.1) is 16.1 Å². The van der Waals surface area contributed by atoms with E-state index in [-0.39, 0.29) is 17.7 Å². The normalized spacial score (nSPS) is 18.0. The van der Waals surface area contributed by atoms with Gasteiger partial charge in [-0.2, -0.15) is 0 Å². The number of piperidine rings is 1. The first-order valence-electron chi connectivity index (χ1n) is 8.19. The summed E-state index contributed by atoms with van der Waals surface area (Å²) < 4.78 is 2.25. The number of hydrogen-bond donors (Lipinski definition) is 1. The standard InChI is InChI=1S/C17H21N3O2S2/c18-16(22)12-5-3-9-20(11-12)15(21)8-4-10-23-17-19-13-6-1-2-7-14(13)24-17/h1-2,6-7,12H,3-5,8-11H2,(H2,18,22). The van der Waals surface area contributed by atoms with Crippen LogP contribution in [-0.2, 0) is 9.59 Å². The molecule has 1 aromatic heterocycles. The molecule has 0 radical (unpaired) electrons. The molecule has 0 bridgehead atoms. The monoisotopic (exact) mass is 363 g/mol. The highest BCUT2D eigenvalue weighted by atomic mass is 32.2. The van der Waals surface area contributed by atoms with Crippen molar-refractivity contribution in [2.45, 2.75) is 30.0 Å². The maximum atomic E-state index is 12.3. The molecular formula is C17H21N3O2S2. The number of likely N-dealkylation sites (tertiary alicyclic amines) is 1. The fourth-order valence-electron chi connectivity index (χ4n) is 2.89. The third-order valence-electron chi connectivity index (χ3n) is 4.21. The third kappa shape index (κ3) is 4.27. The Morgan fingerprint density at radius 3 is 3.00 bits per heavy atom. The lowest BCUT2D eigenvalue weighted by Gasteiger charge is -2.31. The molecule has 3 rings (SSSR count). The highest BCUT2D eigenvalue weighted by molar-refractivity contribution is 8.01. The molecule has 1 saturated heterocycles. The summed E-state index contributed by atoms with van der Waals surface area (Å²) in [6, 6.07) is 8.11. The molecule has 1 aromatic carbocycles. The molecule has 128 valence electrons. The Hall–Kier alpha value is -1.60. The van der Waals surface area contributed by atoms with Crippen LogP contribution >= 0.6 is 23.1 Å². The summed E-state index contributed by atoms with van der Waals surface area (Å²) in [5, 5.41) is 0. The van der Waals surface area contributed by atoms with E-state index < -0.39 is 0 Å². The van der Waals surface area contributed by atoms with Crippen molar-refractivity contribution >= 4 is 45.1 Å². The Morgan fingerprint density at radius 1 is 1.38 bits per heavy atom. The summed E-state index contributed by atoms with van der Waals surface area (Å²) >= 11 is 3.40. The van der Waals surface area contributed by atoms with E-state index in [0.717, 1.165) is 41.4 Å². The van der Waals surface area contributed by atoms with Gasteiger partial charge in [0, 0.05) is 25.3 Å². The minimum atomic E-state index is -0.293. The first kappa shape index (κ1) is 17.2. The zero-order valence-corrected chi connectivity index (χ0v) is 15.1. The molecule has 1 aliphatic heterocycles. The van der Waals surface area contributed by atoms with E-state index in [1.807, 2.05) is 18.2 Å². The number of nitrogens with zero attached hydrogens (tertiary/aromatic N) is 2. The van der Waals surface area contributed by atoms with Gasteiger partial charge < -0.3 is 10.6 Å². The van der Waals surface area contributed by atoms with Crippen LogP contribution in [0.5, 0.6) is 0 Å². The van der Waals surface area contributed by atoms with Gasteiger partial charge >= 0.3 is 0 Å². The molecule has 2 amide bonds. The molecule has 24 heavy (non-hydrogen) atoms. The number of carbonyl (C=O) groups is 2. The molecule has 2 N–H and O–H groups in total. The van der Waals surface area contributed by atoms with Crippen LogP contribution in [-0.4, -0.2) is 40.5 Å². The van der Waals surface area contributed by atoms with Crippen molar-refractivity contribution in [3.05, 3.63) is 24.3 Å². The Kier molecular flexibility index (Phi) is 5.73. The molecule has 1 aliphatic rings. The van der Waals surface area contributed by atoms with Gasteiger partial charge in [0.1, 0.15) is 0 Å². The van der Waals surface area contributed by atoms with E-state index in [2.05, 4.69) is 11.1 Å². The molecule has 5 nitrogen and oxygen atoms in total. The SMILES string of the molecule is NC(=O)C1CCCN(C(=O)CCCSc2nc3ccccc3s2)C1. The summed E-state index contributed by atoms with van der Waals surface area (Å²) in [5.74, 6) is 0.531. The third-order valence-corrected chi connectivity index (χ3v) is 6.48. The van der Waals surface area contributed by atoms with Crippen molar-refractivity contribution in [1.82, 2.24) is 9.88 Å². The van der Waals surface area contributed by atoms with Gasteiger partial charge in [-0.1, -0.05) is 23.9 Å². The van der Waals surface area contributed by atoms with Gasteiger partial charge in [-0.3, -0.25) is 9.59 Å². The maximum absolute atomic E-state index is 12.3. The van der Waals surface area contributed by atoms with Crippen LogP contribution in [0.2, 0.25) is 0 Å². The van der Waals surface area contributed by atoms with E-state index in [9.17, 15) is 9.59 Å². The summed E-state index contributed by atoms with van der Waals surface area (Å²) in [4.78, 5) is 29.9. The summed E-state index contributed by atoms with van der Waals surface area (Å²) in [6.45, 7) is 1.23. The van der Waals surface area contributed by atoms with Crippen LogP contribution in [0.4, 0.5) is 0 Å². The van der Waals surface area contributed by atoms with Gasteiger partial charge in [-0.05, 0) is 31.4 Å². The van der Waals surface area contributed by atoms with Crippen molar-refractivity contribution in [1.29, 1.82) is 0 Å². The molecule has 0 saturated carbocycles. The van der Waals surface area contributed by atoms with Crippen LogP contribution < -0.4 is 5.73 Å². The van der Waals surface area contributed by atoms with Gasteiger partial charge in [-0.15, -0.1) is 11.3 Å². The molecular weight excluding hydrogens is 342 g/mol. The number of carbonyl (C=O) groups excluding carboxylic acids is 2. The van der Waals surface area contributed by atoms with Crippen molar-refractivity contribution < 1.29 is 9.59 Å². The van der Waals surface area contributed by atoms with Crippen molar-refractivity contribution in [2.24, 2.45) is 11.7 Å². The number of nitrogens with two attached hydrogens (primary N) is 1. The van der Waals surface area contributed by atoms with Crippen LogP contribution in [0.15, 0.2) is 28.6 Å². The minimum Gasteiger partial charge on any atom is -0.369 e. The summed E-state index contributed by atoms with van der Waals surface area (Å²) in [5.41, 5.74) is 6.40. The molecule has 7 heteroatoms. The second kappa shape index (κ2) is 7.98. The number of rotatable bonds is 6. The van der Waals surface area contributed by atoms with E-state index in [4.69, 9.17) is 5.73 Å². The van der Waals surface area contributed by atoms with Crippen molar-refractivity contribution in [3.8, 4) is 0 Å². The van der Waals surface area contributed by atoms with E-state index in [1.165, 1.54) is 4.70 Å². The first-order chi connectivity index (χ1) is 11.6. The van der Waals surface area contributed by atoms with E-state index in [0.29, 0.717) is 13.0 Å². The number of primary amides is 1. The number of amides is 2. The summed E-state index contributed by atoms with van der Waals surface area (Å²) in [6.07, 6.45) is 2.99. The number of aromatic nitrogens is 1. The maximum Gasteiger partial charge on any atom is 0.222 e. The molecule has 0 aliphatic carbocycles. The highest BCUT2D eigenvalue weighted by Gasteiger charge is 2.26. The Labute approximate surface area is 149 Å². The van der Waals surface area contributed by atoms with Crippen molar-refractivity contribution in [3.63, 3.8) is 0 Å². The minimum absolute atomic E-state index is 0.130. The molecule has 2 aromatic rings. The molecule has 2 heterocycles. The fraction of sp³-hybridized carbons (Fsp3) is 0.471. The lowest BCUT2D eigenvalue weighted by Crippen LogP contribution is -2.44. The molecule has 1 atom stereocenters. The second-order valence-corrected chi connectivity index (χ2v) is 8.35. The molecule has 1 unspecified atom stereocenters. The Balaban J connectivity index is 1.42. The van der Waals surface area contributed by atoms with Crippen LogP contribution in [0.1, 0.15) is 25.7 Å². The number of hydrogen-bond acceptors (Lipinski definition) is 5. The van der Waals surface area contributed by atoms with Gasteiger partial charge in [0.25, 0.3) is 0 Å². The highest BCUT2D eigenvalue weighted by Crippen LogP contribution is 2.29. The quantitative estimate of drug-likeness (QED) is 0.632. The zero-order chi connectivity index (χ0) is 16.9. The number of thiazole rings is 1. The van der Waals surface area contributed by atoms with Gasteiger partial charge in [0.15, 0.2) is 4.34 Å².